The van der Waals surface area contributed by atoms with Crippen LogP contribution < -0.4 is 0 Å². The van der Waals surface area contributed by atoms with E-state index in [2.05, 4.69) is 4.98 Å². The van der Waals surface area contributed by atoms with Crippen LogP contribution in [0.3, 0.4) is 0 Å². The number of Topliss-reactive ketones (excluding diaryl/α,β-unsaturated/α-hetero) is 1. The van der Waals surface area contributed by atoms with E-state index in [9.17, 15) is 4.79 Å². The van der Waals surface area contributed by atoms with Gasteiger partial charge in [-0.2, -0.15) is 0 Å². The van der Waals surface area contributed by atoms with E-state index < -0.39 is 0 Å². The molecule has 1 unspecified atom stereocenters. The third-order valence-electron chi connectivity index (χ3n) is 4.49. The van der Waals surface area contributed by atoms with E-state index >= 15 is 0 Å². The number of aryl methyl sites for hydroxylation is 1. The van der Waals surface area contributed by atoms with Crippen LogP contribution in [0.15, 0.2) is 5.38 Å². The van der Waals surface area contributed by atoms with E-state index in [4.69, 9.17) is 4.74 Å². The van der Waals surface area contributed by atoms with Crippen LogP contribution in [0.4, 0.5) is 0 Å². The number of carbonyl (C=O) groups is 1. The number of aromatic nitrogens is 1. The number of rotatable bonds is 3. The minimum Gasteiger partial charge on any atom is -0.375 e. The number of hydrogen-bond acceptors (Lipinski definition) is 4. The van der Waals surface area contributed by atoms with E-state index in [1.807, 2.05) is 12.3 Å². The van der Waals surface area contributed by atoms with Crippen LogP contribution in [0.1, 0.15) is 49.2 Å². The highest BCUT2D eigenvalue weighted by Crippen LogP contribution is 2.42. The van der Waals surface area contributed by atoms with Gasteiger partial charge in [0.25, 0.3) is 0 Å². The van der Waals surface area contributed by atoms with Crippen molar-refractivity contribution in [2.75, 3.05) is 6.61 Å². The van der Waals surface area contributed by atoms with Crippen molar-refractivity contribution in [2.45, 2.75) is 57.5 Å². The summed E-state index contributed by atoms with van der Waals surface area (Å²) in [5, 5.41) is 3.06. The number of thiazole rings is 1. The summed E-state index contributed by atoms with van der Waals surface area (Å²) in [5.74, 6) is 0.550. The molecule has 1 saturated heterocycles. The Morgan fingerprint density at radius 3 is 3.00 bits per heavy atom. The number of ketones is 1. The first-order valence-electron chi connectivity index (χ1n) is 7.25. The van der Waals surface area contributed by atoms with Crippen LogP contribution in [0, 0.1) is 12.8 Å². The molecule has 1 aliphatic heterocycles. The predicted octanol–water partition coefficient (Wildman–Crippen LogP) is 3.30. The molecule has 1 aliphatic carbocycles. The minimum absolute atomic E-state index is 0.0383. The first-order valence-corrected chi connectivity index (χ1v) is 8.13. The van der Waals surface area contributed by atoms with Gasteiger partial charge in [-0.3, -0.25) is 4.79 Å². The average Bonchev–Trinajstić information content (AvgIpc) is 3.00. The normalized spacial score (nSPS) is 25.8. The fourth-order valence-corrected chi connectivity index (χ4v) is 4.10. The lowest BCUT2D eigenvalue weighted by Crippen LogP contribution is -2.40. The van der Waals surface area contributed by atoms with Crippen molar-refractivity contribution in [3.05, 3.63) is 16.1 Å². The molecule has 1 saturated carbocycles. The Labute approximate surface area is 118 Å². The minimum atomic E-state index is 0.0383. The Kier molecular flexibility index (Phi) is 3.72. The van der Waals surface area contributed by atoms with Gasteiger partial charge in [0.2, 0.25) is 0 Å². The second kappa shape index (κ2) is 5.33. The zero-order valence-electron chi connectivity index (χ0n) is 11.5. The average molecular weight is 279 g/mol. The molecule has 1 atom stereocenters. The lowest BCUT2D eigenvalue weighted by molar-refractivity contribution is -0.135. The van der Waals surface area contributed by atoms with Gasteiger partial charge in [-0.25, -0.2) is 4.98 Å². The highest BCUT2D eigenvalue weighted by atomic mass is 32.1. The molecule has 3 nitrogen and oxygen atoms in total. The molecule has 0 N–H and O–H groups in total. The SMILES string of the molecule is Cc1nc(CC(=O)C2CCOC3(CCCC3)C2)cs1. The molecule has 0 bridgehead atoms. The molecule has 1 aromatic rings. The molecule has 0 radical (unpaired) electrons. The topological polar surface area (TPSA) is 39.2 Å². The van der Waals surface area contributed by atoms with Gasteiger partial charge in [0, 0.05) is 24.3 Å². The summed E-state index contributed by atoms with van der Waals surface area (Å²) >= 11 is 1.62. The molecular weight excluding hydrogens is 258 g/mol. The van der Waals surface area contributed by atoms with Crippen LogP contribution in [-0.4, -0.2) is 23.0 Å². The van der Waals surface area contributed by atoms with Crippen molar-refractivity contribution in [1.29, 1.82) is 0 Å². The van der Waals surface area contributed by atoms with E-state index in [0.29, 0.717) is 12.2 Å². The number of hydrogen-bond donors (Lipinski definition) is 0. The largest absolute Gasteiger partial charge is 0.375 e. The summed E-state index contributed by atoms with van der Waals surface area (Å²) in [7, 11) is 0. The van der Waals surface area contributed by atoms with Gasteiger partial charge < -0.3 is 4.74 Å². The predicted molar refractivity (Wildman–Crippen MR) is 75.4 cm³/mol. The number of nitrogens with zero attached hydrogens (tertiary/aromatic N) is 1. The molecule has 1 aromatic heterocycles. The van der Waals surface area contributed by atoms with Crippen molar-refractivity contribution in [3.63, 3.8) is 0 Å². The van der Waals surface area contributed by atoms with Gasteiger partial charge in [0.15, 0.2) is 0 Å². The molecule has 1 spiro atoms. The van der Waals surface area contributed by atoms with Crippen molar-refractivity contribution in [2.24, 2.45) is 5.92 Å². The lowest BCUT2D eigenvalue weighted by Gasteiger charge is -2.37. The zero-order valence-corrected chi connectivity index (χ0v) is 12.3. The van der Waals surface area contributed by atoms with E-state index in [-0.39, 0.29) is 11.5 Å². The zero-order chi connectivity index (χ0) is 13.3. The summed E-state index contributed by atoms with van der Waals surface area (Å²) in [6, 6.07) is 0. The Hall–Kier alpha value is -0.740. The Balaban J connectivity index is 1.63. The van der Waals surface area contributed by atoms with E-state index in [1.165, 1.54) is 12.8 Å². The monoisotopic (exact) mass is 279 g/mol. The second-order valence-corrected chi connectivity index (χ2v) is 6.99. The molecule has 0 amide bonds. The molecule has 2 fully saturated rings. The summed E-state index contributed by atoms with van der Waals surface area (Å²) in [4.78, 5) is 16.8. The molecule has 0 aromatic carbocycles. The van der Waals surface area contributed by atoms with Gasteiger partial charge in [-0.05, 0) is 32.6 Å². The summed E-state index contributed by atoms with van der Waals surface area (Å²) < 4.78 is 6.00. The van der Waals surface area contributed by atoms with Crippen LogP contribution in [0.5, 0.6) is 0 Å². The van der Waals surface area contributed by atoms with Crippen molar-refractivity contribution >= 4 is 17.1 Å². The van der Waals surface area contributed by atoms with E-state index in [0.717, 1.165) is 43.0 Å². The maximum absolute atomic E-state index is 12.4. The highest BCUT2D eigenvalue weighted by Gasteiger charge is 2.41. The summed E-state index contributed by atoms with van der Waals surface area (Å²) in [6.45, 7) is 2.74. The van der Waals surface area contributed by atoms with Crippen LogP contribution >= 0.6 is 11.3 Å². The third-order valence-corrected chi connectivity index (χ3v) is 5.31. The van der Waals surface area contributed by atoms with Gasteiger partial charge in [-0.1, -0.05) is 12.8 Å². The third kappa shape index (κ3) is 2.90. The molecular formula is C15H21NO2S. The standard InChI is InChI=1S/C15H21NO2S/c1-11-16-13(10-19-11)8-14(17)12-4-7-18-15(9-12)5-2-3-6-15/h10,12H,2-9H2,1H3. The number of carbonyl (C=O) groups excluding carboxylic acids is 1. The first kappa shape index (κ1) is 13.3. The van der Waals surface area contributed by atoms with Gasteiger partial charge in [-0.15, -0.1) is 11.3 Å². The maximum Gasteiger partial charge on any atom is 0.142 e. The van der Waals surface area contributed by atoms with Gasteiger partial charge in [0.05, 0.1) is 16.3 Å². The fourth-order valence-electron chi connectivity index (χ4n) is 3.48. The van der Waals surface area contributed by atoms with Crippen molar-refractivity contribution < 1.29 is 9.53 Å². The summed E-state index contributed by atoms with van der Waals surface area (Å²) in [5.41, 5.74) is 0.982. The van der Waals surface area contributed by atoms with Gasteiger partial charge >= 0.3 is 0 Å². The number of ether oxygens (including phenoxy) is 1. The van der Waals surface area contributed by atoms with Crippen LogP contribution in [0.25, 0.3) is 0 Å². The Morgan fingerprint density at radius 2 is 2.32 bits per heavy atom. The fraction of sp³-hybridized carbons (Fsp3) is 0.733. The summed E-state index contributed by atoms with van der Waals surface area (Å²) in [6.07, 6.45) is 7.14. The smallest absolute Gasteiger partial charge is 0.142 e. The van der Waals surface area contributed by atoms with Crippen LogP contribution in [-0.2, 0) is 16.0 Å². The van der Waals surface area contributed by atoms with Crippen molar-refractivity contribution in [3.8, 4) is 0 Å². The lowest BCUT2D eigenvalue weighted by atomic mass is 9.81. The van der Waals surface area contributed by atoms with E-state index in [1.54, 1.807) is 11.3 Å². The Bertz CT molecular complexity index is 462. The molecule has 2 aliphatic rings. The molecule has 3 rings (SSSR count). The van der Waals surface area contributed by atoms with Gasteiger partial charge in [0.1, 0.15) is 5.78 Å². The Morgan fingerprint density at radius 1 is 1.53 bits per heavy atom. The molecule has 4 heteroatoms. The quantitative estimate of drug-likeness (QED) is 0.852. The molecule has 104 valence electrons. The van der Waals surface area contributed by atoms with Crippen molar-refractivity contribution in [1.82, 2.24) is 4.98 Å². The molecule has 19 heavy (non-hydrogen) atoms. The molecule has 2 heterocycles. The highest BCUT2D eigenvalue weighted by molar-refractivity contribution is 7.09. The first-order chi connectivity index (χ1) is 9.17. The maximum atomic E-state index is 12.4. The van der Waals surface area contributed by atoms with Crippen LogP contribution in [0.2, 0.25) is 0 Å². The second-order valence-electron chi connectivity index (χ2n) is 5.93.